The largest absolute Gasteiger partial charge is 0.316 e. The van der Waals surface area contributed by atoms with E-state index in [0.29, 0.717) is 5.71 Å². The van der Waals surface area contributed by atoms with E-state index >= 15 is 0 Å². The van der Waals surface area contributed by atoms with Crippen molar-refractivity contribution in [2.75, 3.05) is 18.5 Å². The topological polar surface area (TPSA) is 41.5 Å². The van der Waals surface area contributed by atoms with Crippen LogP contribution in [-0.4, -0.2) is 24.8 Å². The highest BCUT2D eigenvalue weighted by Gasteiger charge is 2.19. The minimum Gasteiger partial charge on any atom is -0.316 e. The van der Waals surface area contributed by atoms with Crippen LogP contribution < -0.4 is 5.32 Å². The van der Waals surface area contributed by atoms with Crippen LogP contribution in [0.1, 0.15) is 23.8 Å². The number of hydrogen-bond donors (Lipinski definition) is 1. The zero-order valence-corrected chi connectivity index (χ0v) is 9.86. The predicted molar refractivity (Wildman–Crippen MR) is 64.3 cm³/mol. The van der Waals surface area contributed by atoms with Crippen LogP contribution in [0.2, 0.25) is 0 Å². The first-order valence-electron chi connectivity index (χ1n) is 5.26. The first kappa shape index (κ1) is 11.3. The Morgan fingerprint density at radius 1 is 1.62 bits per heavy atom. The van der Waals surface area contributed by atoms with Crippen LogP contribution in [0.15, 0.2) is 11.1 Å². The lowest BCUT2D eigenvalue weighted by atomic mass is 10.1. The Labute approximate surface area is 97.4 Å². The van der Waals surface area contributed by atoms with Gasteiger partial charge in [-0.25, -0.2) is 0 Å². The maximum Gasteiger partial charge on any atom is 0.246 e. The number of hydrogen-bond acceptors (Lipinski definition) is 3. The minimum atomic E-state index is -0.441. The molecule has 1 amide bonds. The summed E-state index contributed by atoms with van der Waals surface area (Å²) in [5, 5.41) is 3.62. The van der Waals surface area contributed by atoms with Gasteiger partial charge in [-0.1, -0.05) is 6.92 Å². The summed E-state index contributed by atoms with van der Waals surface area (Å²) in [5.74, 6) is -0.125. The number of nitrogens with zero attached hydrogens (tertiary/aromatic N) is 1. The van der Waals surface area contributed by atoms with Gasteiger partial charge in [-0.15, -0.1) is 11.3 Å². The van der Waals surface area contributed by atoms with Crippen molar-refractivity contribution >= 4 is 28.0 Å². The van der Waals surface area contributed by atoms with Crippen molar-refractivity contribution in [2.24, 2.45) is 4.99 Å². The molecule has 86 valence electrons. The van der Waals surface area contributed by atoms with Crippen LogP contribution >= 0.6 is 11.3 Å². The molecule has 1 aromatic heterocycles. The van der Waals surface area contributed by atoms with Gasteiger partial charge in [-0.2, -0.15) is 0 Å². The summed E-state index contributed by atoms with van der Waals surface area (Å²) in [6.07, 6.45) is 1.19. The van der Waals surface area contributed by atoms with Crippen molar-refractivity contribution in [2.45, 2.75) is 19.8 Å². The molecule has 1 N–H and O–H groups in total. The zero-order chi connectivity index (χ0) is 11.5. The van der Waals surface area contributed by atoms with Gasteiger partial charge >= 0.3 is 0 Å². The molecular weight excluding hydrogens is 227 g/mol. The van der Waals surface area contributed by atoms with Gasteiger partial charge in [0.2, 0.25) is 5.91 Å². The van der Waals surface area contributed by atoms with Gasteiger partial charge in [0, 0.05) is 22.6 Å². The van der Waals surface area contributed by atoms with Crippen molar-refractivity contribution in [1.29, 1.82) is 0 Å². The standard InChI is InChI=1S/C11H13FN2OS/c1-2-7-5-8-9(3-4-12)13-6-10(15)14-11(8)16-7/h5H,2-4,6H2,1H3,(H,14,15). The fourth-order valence-corrected chi connectivity index (χ4v) is 2.68. The molecule has 0 fully saturated rings. The van der Waals surface area contributed by atoms with Crippen LogP contribution in [0, 0.1) is 0 Å². The molecule has 3 nitrogen and oxygen atoms in total. The van der Waals surface area contributed by atoms with Crippen LogP contribution in [0.3, 0.4) is 0 Å². The van der Waals surface area contributed by atoms with E-state index < -0.39 is 6.67 Å². The average Bonchev–Trinajstić information content (AvgIpc) is 2.61. The lowest BCUT2D eigenvalue weighted by Crippen LogP contribution is -2.12. The molecule has 0 aromatic carbocycles. The molecule has 0 saturated carbocycles. The smallest absolute Gasteiger partial charge is 0.246 e. The van der Waals surface area contributed by atoms with E-state index in [1.54, 1.807) is 11.3 Å². The number of alkyl halides is 1. The SMILES string of the molecule is CCc1cc2c(s1)NC(=O)CN=C2CCF. The number of carbonyl (C=O) groups excluding carboxylic acids is 1. The summed E-state index contributed by atoms with van der Waals surface area (Å²) in [6.45, 7) is 1.71. The number of aryl methyl sites for hydroxylation is 1. The number of carbonyl (C=O) groups is 1. The van der Waals surface area contributed by atoms with Gasteiger partial charge < -0.3 is 5.32 Å². The van der Waals surface area contributed by atoms with E-state index in [-0.39, 0.29) is 18.9 Å². The van der Waals surface area contributed by atoms with Crippen LogP contribution in [-0.2, 0) is 11.2 Å². The molecule has 5 heteroatoms. The van der Waals surface area contributed by atoms with Gasteiger partial charge in [-0.05, 0) is 12.5 Å². The third-order valence-corrected chi connectivity index (χ3v) is 3.64. The molecule has 2 rings (SSSR count). The lowest BCUT2D eigenvalue weighted by molar-refractivity contribution is -0.114. The third kappa shape index (κ3) is 2.14. The molecule has 0 aliphatic carbocycles. The number of amides is 1. The third-order valence-electron chi connectivity index (χ3n) is 2.44. The molecule has 0 radical (unpaired) electrons. The predicted octanol–water partition coefficient (Wildman–Crippen LogP) is 2.41. The number of halogens is 1. The molecule has 0 unspecified atom stereocenters. The normalized spacial score (nSPS) is 15.1. The summed E-state index contributed by atoms with van der Waals surface area (Å²) in [5.41, 5.74) is 1.59. The van der Waals surface area contributed by atoms with Gasteiger partial charge in [0.25, 0.3) is 0 Å². The quantitative estimate of drug-likeness (QED) is 0.866. The second-order valence-corrected chi connectivity index (χ2v) is 4.70. The van der Waals surface area contributed by atoms with Gasteiger partial charge in [0.15, 0.2) is 0 Å². The first-order chi connectivity index (χ1) is 7.74. The Morgan fingerprint density at radius 3 is 3.12 bits per heavy atom. The van der Waals surface area contributed by atoms with Crippen molar-refractivity contribution in [3.8, 4) is 0 Å². The van der Waals surface area contributed by atoms with Gasteiger partial charge in [0.05, 0.1) is 6.67 Å². The molecular formula is C11H13FN2OS. The highest BCUT2D eigenvalue weighted by atomic mass is 32.1. The number of thiophene rings is 1. The fraction of sp³-hybridized carbons (Fsp3) is 0.455. The molecule has 0 saturated heterocycles. The minimum absolute atomic E-state index is 0.0954. The van der Waals surface area contributed by atoms with E-state index in [4.69, 9.17) is 0 Å². The van der Waals surface area contributed by atoms with Crippen LogP contribution in [0.4, 0.5) is 9.39 Å². The lowest BCUT2D eigenvalue weighted by Gasteiger charge is -2.01. The Morgan fingerprint density at radius 2 is 2.44 bits per heavy atom. The van der Waals surface area contributed by atoms with Crippen LogP contribution in [0.5, 0.6) is 0 Å². The second kappa shape index (κ2) is 4.74. The maximum absolute atomic E-state index is 12.4. The summed E-state index contributed by atoms with van der Waals surface area (Å²) in [7, 11) is 0. The molecule has 1 aliphatic heterocycles. The molecule has 1 aliphatic rings. The van der Waals surface area contributed by atoms with E-state index in [1.165, 1.54) is 4.88 Å². The fourth-order valence-electron chi connectivity index (χ4n) is 1.65. The summed E-state index contributed by atoms with van der Waals surface area (Å²) in [4.78, 5) is 16.7. The number of anilines is 1. The molecule has 16 heavy (non-hydrogen) atoms. The van der Waals surface area contributed by atoms with Crippen molar-refractivity contribution in [3.63, 3.8) is 0 Å². The van der Waals surface area contributed by atoms with Crippen molar-refractivity contribution in [1.82, 2.24) is 0 Å². The first-order valence-corrected chi connectivity index (χ1v) is 6.08. The molecule has 0 bridgehead atoms. The Bertz CT molecular complexity index is 439. The number of aliphatic imine (C=N–C) groups is 1. The van der Waals surface area contributed by atoms with E-state index in [9.17, 15) is 9.18 Å². The van der Waals surface area contributed by atoms with Gasteiger partial charge in [0.1, 0.15) is 11.5 Å². The molecule has 0 atom stereocenters. The van der Waals surface area contributed by atoms with E-state index in [1.807, 2.05) is 6.07 Å². The maximum atomic E-state index is 12.4. The summed E-state index contributed by atoms with van der Waals surface area (Å²) in [6, 6.07) is 2.00. The highest BCUT2D eigenvalue weighted by molar-refractivity contribution is 7.16. The number of rotatable bonds is 3. The summed E-state index contributed by atoms with van der Waals surface area (Å²) < 4.78 is 12.4. The Hall–Kier alpha value is -1.23. The average molecular weight is 240 g/mol. The molecule has 0 spiro atoms. The number of fused-ring (bicyclic) bond motifs is 1. The second-order valence-electron chi connectivity index (χ2n) is 3.56. The Balaban J connectivity index is 2.41. The molecule has 2 heterocycles. The van der Waals surface area contributed by atoms with Crippen LogP contribution in [0.25, 0.3) is 0 Å². The monoisotopic (exact) mass is 240 g/mol. The Kier molecular flexibility index (Phi) is 3.33. The van der Waals surface area contributed by atoms with E-state index in [2.05, 4.69) is 17.2 Å². The van der Waals surface area contributed by atoms with Crippen molar-refractivity contribution < 1.29 is 9.18 Å². The highest BCUT2D eigenvalue weighted by Crippen LogP contribution is 2.31. The number of nitrogens with one attached hydrogen (secondary N) is 1. The van der Waals surface area contributed by atoms with Crippen molar-refractivity contribution in [3.05, 3.63) is 16.5 Å². The van der Waals surface area contributed by atoms with E-state index in [0.717, 1.165) is 17.0 Å². The zero-order valence-electron chi connectivity index (χ0n) is 9.05. The van der Waals surface area contributed by atoms with Gasteiger partial charge in [-0.3, -0.25) is 14.2 Å². The molecule has 1 aromatic rings. The summed E-state index contributed by atoms with van der Waals surface area (Å²) >= 11 is 1.55.